The fourth-order valence-corrected chi connectivity index (χ4v) is 5.09. The Morgan fingerprint density at radius 2 is 2.10 bits per heavy atom. The number of hydrogen-bond acceptors (Lipinski definition) is 5. The summed E-state index contributed by atoms with van der Waals surface area (Å²) in [6.07, 6.45) is 5.60. The van der Waals surface area contributed by atoms with Crippen LogP contribution in [0.3, 0.4) is 0 Å². The topological polar surface area (TPSA) is 71.1 Å². The molecule has 7 heteroatoms. The van der Waals surface area contributed by atoms with Crippen molar-refractivity contribution in [3.8, 4) is 0 Å². The standard InChI is InChI=1S/C13H23N3O2S2/c1-10(14-2)12-8-19-13(15-12)16-20(17,18)9-11-6-4-3-5-7-11/h8,10-11,14H,3-7,9H2,1-2H3,(H,15,16). The smallest absolute Gasteiger partial charge is 0.234 e. The van der Waals surface area contributed by atoms with Gasteiger partial charge in [-0.2, -0.15) is 0 Å². The van der Waals surface area contributed by atoms with E-state index in [0.29, 0.717) is 11.0 Å². The fraction of sp³-hybridized carbons (Fsp3) is 0.769. The van der Waals surface area contributed by atoms with E-state index in [0.717, 1.165) is 31.4 Å². The normalized spacial score (nSPS) is 18.9. The van der Waals surface area contributed by atoms with Gasteiger partial charge in [-0.1, -0.05) is 19.3 Å². The van der Waals surface area contributed by atoms with Crippen LogP contribution < -0.4 is 10.0 Å². The zero-order valence-electron chi connectivity index (χ0n) is 12.1. The van der Waals surface area contributed by atoms with Crippen molar-refractivity contribution in [2.45, 2.75) is 45.1 Å². The van der Waals surface area contributed by atoms with Gasteiger partial charge in [0.25, 0.3) is 0 Å². The lowest BCUT2D eigenvalue weighted by Gasteiger charge is -2.21. The SMILES string of the molecule is CNC(C)c1csc(NS(=O)(=O)CC2CCCCC2)n1. The predicted molar refractivity (Wildman–Crippen MR) is 83.6 cm³/mol. The number of hydrogen-bond donors (Lipinski definition) is 2. The van der Waals surface area contributed by atoms with Gasteiger partial charge in [0.2, 0.25) is 10.0 Å². The van der Waals surface area contributed by atoms with E-state index in [-0.39, 0.29) is 11.8 Å². The lowest BCUT2D eigenvalue weighted by Crippen LogP contribution is -2.24. The third-order valence-electron chi connectivity index (χ3n) is 3.82. The van der Waals surface area contributed by atoms with Crippen LogP contribution in [0.2, 0.25) is 0 Å². The Morgan fingerprint density at radius 3 is 2.75 bits per heavy atom. The lowest BCUT2D eigenvalue weighted by molar-refractivity contribution is 0.385. The Kier molecular flexibility index (Phi) is 5.40. The van der Waals surface area contributed by atoms with Crippen LogP contribution in [0.5, 0.6) is 0 Å². The summed E-state index contributed by atoms with van der Waals surface area (Å²) in [6, 6.07) is 0.128. The van der Waals surface area contributed by atoms with Crippen LogP contribution in [0.1, 0.15) is 50.8 Å². The van der Waals surface area contributed by atoms with Gasteiger partial charge < -0.3 is 5.32 Å². The van der Waals surface area contributed by atoms with Gasteiger partial charge in [0.1, 0.15) is 0 Å². The van der Waals surface area contributed by atoms with Gasteiger partial charge >= 0.3 is 0 Å². The van der Waals surface area contributed by atoms with E-state index >= 15 is 0 Å². The third kappa shape index (κ3) is 4.43. The first-order chi connectivity index (χ1) is 9.50. The highest BCUT2D eigenvalue weighted by molar-refractivity contribution is 7.92. The summed E-state index contributed by atoms with van der Waals surface area (Å²) in [4.78, 5) is 4.33. The molecule has 0 aliphatic heterocycles. The minimum absolute atomic E-state index is 0.128. The van der Waals surface area contributed by atoms with Gasteiger partial charge in [0, 0.05) is 11.4 Å². The minimum atomic E-state index is -3.28. The van der Waals surface area contributed by atoms with Crippen LogP contribution in [-0.4, -0.2) is 26.2 Å². The Labute approximate surface area is 125 Å². The largest absolute Gasteiger partial charge is 0.312 e. The third-order valence-corrected chi connectivity index (χ3v) is 6.14. The molecule has 2 N–H and O–H groups in total. The van der Waals surface area contributed by atoms with Gasteiger partial charge in [0.05, 0.1) is 11.4 Å². The fourth-order valence-electron chi connectivity index (χ4n) is 2.52. The molecule has 1 atom stereocenters. The first-order valence-electron chi connectivity index (χ1n) is 7.13. The number of rotatable bonds is 6. The predicted octanol–water partition coefficient (Wildman–Crippen LogP) is 2.75. The molecule has 1 aliphatic carbocycles. The van der Waals surface area contributed by atoms with Crippen molar-refractivity contribution in [1.82, 2.24) is 10.3 Å². The molecule has 0 saturated heterocycles. The molecule has 0 spiro atoms. The highest BCUT2D eigenvalue weighted by Crippen LogP contribution is 2.26. The first kappa shape index (κ1) is 15.7. The van der Waals surface area contributed by atoms with Crippen molar-refractivity contribution in [2.75, 3.05) is 17.5 Å². The lowest BCUT2D eigenvalue weighted by atomic mass is 9.91. The number of anilines is 1. The molecule has 0 bridgehead atoms. The van der Waals surface area contributed by atoms with E-state index in [1.165, 1.54) is 17.8 Å². The number of nitrogens with zero attached hydrogens (tertiary/aromatic N) is 1. The molecule has 1 aromatic rings. The molecule has 0 amide bonds. The van der Waals surface area contributed by atoms with Crippen molar-refractivity contribution >= 4 is 26.5 Å². The van der Waals surface area contributed by atoms with E-state index in [1.807, 2.05) is 19.4 Å². The van der Waals surface area contributed by atoms with E-state index in [2.05, 4.69) is 15.0 Å². The van der Waals surface area contributed by atoms with Crippen molar-refractivity contribution in [2.24, 2.45) is 5.92 Å². The number of aromatic nitrogens is 1. The Balaban J connectivity index is 1.95. The molecule has 20 heavy (non-hydrogen) atoms. The Bertz CT molecular complexity index is 521. The van der Waals surface area contributed by atoms with Crippen LogP contribution in [0.25, 0.3) is 0 Å². The summed E-state index contributed by atoms with van der Waals surface area (Å²) in [5.74, 6) is 0.528. The van der Waals surface area contributed by atoms with E-state index in [9.17, 15) is 8.42 Å². The van der Waals surface area contributed by atoms with Crippen molar-refractivity contribution < 1.29 is 8.42 Å². The number of sulfonamides is 1. The van der Waals surface area contributed by atoms with Crippen molar-refractivity contribution in [1.29, 1.82) is 0 Å². The van der Waals surface area contributed by atoms with Crippen molar-refractivity contribution in [3.63, 3.8) is 0 Å². The molecule has 2 rings (SSSR count). The molecular weight excluding hydrogens is 294 g/mol. The van der Waals surface area contributed by atoms with Crippen LogP contribution in [0.4, 0.5) is 5.13 Å². The zero-order valence-corrected chi connectivity index (χ0v) is 13.7. The average molecular weight is 317 g/mol. The maximum Gasteiger partial charge on any atom is 0.234 e. The molecule has 0 aromatic carbocycles. The van der Waals surface area contributed by atoms with Crippen LogP contribution in [0.15, 0.2) is 5.38 Å². The maximum absolute atomic E-state index is 12.2. The Morgan fingerprint density at radius 1 is 1.40 bits per heavy atom. The molecule has 114 valence electrons. The molecule has 1 unspecified atom stereocenters. The van der Waals surface area contributed by atoms with Gasteiger partial charge in [-0.05, 0) is 32.7 Å². The second-order valence-corrected chi connectivity index (χ2v) is 8.10. The highest BCUT2D eigenvalue weighted by Gasteiger charge is 2.22. The molecule has 1 saturated carbocycles. The molecule has 5 nitrogen and oxygen atoms in total. The summed E-state index contributed by atoms with van der Waals surface area (Å²) in [6.45, 7) is 2.00. The Hall–Kier alpha value is -0.660. The number of thiazole rings is 1. The van der Waals surface area contributed by atoms with Gasteiger partial charge in [0.15, 0.2) is 5.13 Å². The first-order valence-corrected chi connectivity index (χ1v) is 9.66. The van der Waals surface area contributed by atoms with E-state index < -0.39 is 10.0 Å². The molecule has 1 fully saturated rings. The van der Waals surface area contributed by atoms with Crippen molar-refractivity contribution in [3.05, 3.63) is 11.1 Å². The summed E-state index contributed by atoms with van der Waals surface area (Å²) in [5, 5.41) is 5.45. The van der Waals surface area contributed by atoms with Crippen LogP contribution in [0, 0.1) is 5.92 Å². The monoisotopic (exact) mass is 317 g/mol. The minimum Gasteiger partial charge on any atom is -0.312 e. The summed E-state index contributed by atoms with van der Waals surface area (Å²) >= 11 is 1.34. The number of nitrogens with one attached hydrogen (secondary N) is 2. The molecule has 1 aliphatic rings. The molecule has 0 radical (unpaired) electrons. The van der Waals surface area contributed by atoms with Gasteiger partial charge in [-0.15, -0.1) is 11.3 Å². The molecule has 1 aromatic heterocycles. The van der Waals surface area contributed by atoms with E-state index in [4.69, 9.17) is 0 Å². The van der Waals surface area contributed by atoms with Crippen LogP contribution in [-0.2, 0) is 10.0 Å². The second kappa shape index (κ2) is 6.87. The zero-order chi connectivity index (χ0) is 14.6. The van der Waals surface area contributed by atoms with Gasteiger partial charge in [-0.25, -0.2) is 13.4 Å². The highest BCUT2D eigenvalue weighted by atomic mass is 32.2. The quantitative estimate of drug-likeness (QED) is 0.846. The molecule has 1 heterocycles. The molecular formula is C13H23N3O2S2. The average Bonchev–Trinajstić information content (AvgIpc) is 2.86. The van der Waals surface area contributed by atoms with Crippen LogP contribution >= 0.6 is 11.3 Å². The van der Waals surface area contributed by atoms with E-state index in [1.54, 1.807) is 0 Å². The summed E-state index contributed by atoms with van der Waals surface area (Å²) < 4.78 is 26.9. The summed E-state index contributed by atoms with van der Waals surface area (Å²) in [5.41, 5.74) is 0.868. The second-order valence-electron chi connectivity index (χ2n) is 5.48. The summed E-state index contributed by atoms with van der Waals surface area (Å²) in [7, 11) is -1.42. The maximum atomic E-state index is 12.2. The van der Waals surface area contributed by atoms with Gasteiger partial charge in [-0.3, -0.25) is 4.72 Å².